The number of aromatic nitrogens is 2. The van der Waals surface area contributed by atoms with Gasteiger partial charge in [-0.1, -0.05) is 87.4 Å². The number of unbranched alkanes of at least 4 members (excludes halogenated alkanes) is 2. The maximum Gasteiger partial charge on any atom is 0.243 e. The Morgan fingerprint density at radius 1 is 0.780 bits per heavy atom. The summed E-state index contributed by atoms with van der Waals surface area (Å²) in [6.45, 7) is 1.10. The molecular weight excluding hydrogens is 508 g/mol. The number of para-hydroxylation sites is 2. The highest BCUT2D eigenvalue weighted by molar-refractivity contribution is 5.81. The molecule has 2 saturated carbocycles. The second-order valence-electron chi connectivity index (χ2n) is 12.1. The molecule has 6 nitrogen and oxygen atoms in total. The molecule has 6 heteroatoms. The smallest absolute Gasteiger partial charge is 0.243 e. The summed E-state index contributed by atoms with van der Waals surface area (Å²) in [6.07, 6.45) is 17.3. The van der Waals surface area contributed by atoms with Gasteiger partial charge in [0.05, 0.1) is 11.0 Å². The van der Waals surface area contributed by atoms with Gasteiger partial charge in [-0.15, -0.1) is 0 Å². The van der Waals surface area contributed by atoms with E-state index in [2.05, 4.69) is 45.1 Å². The Hall–Kier alpha value is -3.15. The zero-order valence-electron chi connectivity index (χ0n) is 24.7. The first-order valence-electron chi connectivity index (χ1n) is 16.2. The van der Waals surface area contributed by atoms with Gasteiger partial charge in [0.25, 0.3) is 0 Å². The number of carbonyl (C=O) groups excluding carboxylic acids is 2. The molecule has 2 aliphatic carbocycles. The monoisotopic (exact) mass is 556 g/mol. The van der Waals surface area contributed by atoms with Crippen LogP contribution in [0.4, 0.5) is 0 Å². The molecule has 2 fully saturated rings. The molecule has 0 aliphatic heterocycles. The van der Waals surface area contributed by atoms with Gasteiger partial charge in [0.15, 0.2) is 0 Å². The van der Waals surface area contributed by atoms with Gasteiger partial charge in [-0.2, -0.15) is 0 Å². The molecule has 1 aromatic heterocycles. The molecule has 0 unspecified atom stereocenters. The fourth-order valence-corrected chi connectivity index (χ4v) is 6.94. The lowest BCUT2D eigenvalue weighted by atomic mass is 9.88. The van der Waals surface area contributed by atoms with E-state index in [1.165, 1.54) is 44.1 Å². The van der Waals surface area contributed by atoms with Crippen molar-refractivity contribution in [3.05, 3.63) is 66.0 Å². The fraction of sp³-hybridized carbons (Fsp3) is 0.571. The van der Waals surface area contributed by atoms with Crippen molar-refractivity contribution in [3.8, 4) is 0 Å². The molecule has 5 rings (SSSR count). The first-order chi connectivity index (χ1) is 20.2. The number of imidazole rings is 1. The van der Waals surface area contributed by atoms with Crippen molar-refractivity contribution < 1.29 is 9.59 Å². The van der Waals surface area contributed by atoms with Crippen molar-refractivity contribution in [2.75, 3.05) is 6.54 Å². The highest BCUT2D eigenvalue weighted by Gasteiger charge is 2.33. The van der Waals surface area contributed by atoms with E-state index < -0.39 is 0 Å². The Morgan fingerprint density at radius 3 is 2.15 bits per heavy atom. The zero-order valence-corrected chi connectivity index (χ0v) is 24.7. The molecule has 2 amide bonds. The minimum absolute atomic E-state index is 0.120. The molecule has 1 N–H and O–H groups in total. The first kappa shape index (κ1) is 29.3. The number of nitrogens with one attached hydrogen (secondary N) is 1. The molecule has 3 aromatic rings. The summed E-state index contributed by atoms with van der Waals surface area (Å²) in [5.74, 6) is 1.42. The first-order valence-corrected chi connectivity index (χ1v) is 16.2. The predicted molar refractivity (Wildman–Crippen MR) is 166 cm³/mol. The molecule has 0 spiro atoms. The van der Waals surface area contributed by atoms with Gasteiger partial charge in [-0.3, -0.25) is 9.59 Å². The van der Waals surface area contributed by atoms with Crippen LogP contribution < -0.4 is 5.32 Å². The molecule has 2 aromatic carbocycles. The van der Waals surface area contributed by atoms with Gasteiger partial charge in [-0.05, 0) is 62.6 Å². The number of aryl methyl sites for hydroxylation is 2. The van der Waals surface area contributed by atoms with E-state index in [1.807, 2.05) is 24.3 Å². The second kappa shape index (κ2) is 15.2. The number of fused-ring (bicyclic) bond motifs is 1. The van der Waals surface area contributed by atoms with Crippen LogP contribution in [0.3, 0.4) is 0 Å². The minimum atomic E-state index is 0.120. The third kappa shape index (κ3) is 8.21. The molecule has 41 heavy (non-hydrogen) atoms. The van der Waals surface area contributed by atoms with Gasteiger partial charge in [0.1, 0.15) is 12.4 Å². The Labute approximate surface area is 245 Å². The Morgan fingerprint density at radius 2 is 1.44 bits per heavy atom. The number of carbonyl (C=O) groups is 2. The van der Waals surface area contributed by atoms with Gasteiger partial charge in [0, 0.05) is 31.5 Å². The summed E-state index contributed by atoms with van der Waals surface area (Å²) >= 11 is 0. The number of rotatable bonds is 13. The summed E-state index contributed by atoms with van der Waals surface area (Å²) in [4.78, 5) is 33.6. The van der Waals surface area contributed by atoms with E-state index in [4.69, 9.17) is 4.98 Å². The lowest BCUT2D eigenvalue weighted by Crippen LogP contribution is -2.50. The lowest BCUT2D eigenvalue weighted by molar-refractivity contribution is -0.138. The van der Waals surface area contributed by atoms with Crippen LogP contribution in [0.1, 0.15) is 101 Å². The Bertz CT molecular complexity index is 1220. The highest BCUT2D eigenvalue weighted by Crippen LogP contribution is 2.31. The van der Waals surface area contributed by atoms with Gasteiger partial charge in [-0.25, -0.2) is 4.98 Å². The normalized spacial score (nSPS) is 16.6. The Balaban J connectivity index is 1.15. The van der Waals surface area contributed by atoms with Crippen LogP contribution in [-0.4, -0.2) is 44.9 Å². The van der Waals surface area contributed by atoms with Gasteiger partial charge >= 0.3 is 0 Å². The molecule has 0 saturated heterocycles. The summed E-state index contributed by atoms with van der Waals surface area (Å²) in [5.41, 5.74) is 3.24. The van der Waals surface area contributed by atoms with Crippen LogP contribution in [0, 0.1) is 0 Å². The number of hydrogen-bond donors (Lipinski definition) is 1. The average Bonchev–Trinajstić information content (AvgIpc) is 3.36. The molecule has 0 atom stereocenters. The zero-order chi connectivity index (χ0) is 28.3. The molecule has 1 heterocycles. The molecule has 0 radical (unpaired) electrons. The summed E-state index contributed by atoms with van der Waals surface area (Å²) in [7, 11) is 0. The third-order valence-corrected chi connectivity index (χ3v) is 9.13. The van der Waals surface area contributed by atoms with Crippen molar-refractivity contribution in [2.45, 2.75) is 121 Å². The van der Waals surface area contributed by atoms with E-state index in [0.29, 0.717) is 31.6 Å². The minimum Gasteiger partial charge on any atom is -0.356 e. The van der Waals surface area contributed by atoms with E-state index in [9.17, 15) is 9.59 Å². The summed E-state index contributed by atoms with van der Waals surface area (Å²) in [6, 6.07) is 19.2. The molecule has 0 bridgehead atoms. The number of benzene rings is 2. The van der Waals surface area contributed by atoms with Crippen molar-refractivity contribution >= 4 is 22.8 Å². The van der Waals surface area contributed by atoms with E-state index in [0.717, 1.165) is 74.6 Å². The number of nitrogens with zero attached hydrogens (tertiary/aromatic N) is 3. The van der Waals surface area contributed by atoms with Crippen LogP contribution >= 0.6 is 0 Å². The molecular formula is C35H48N4O2. The maximum atomic E-state index is 14.1. The Kier molecular flexibility index (Phi) is 10.9. The quantitative estimate of drug-likeness (QED) is 0.231. The van der Waals surface area contributed by atoms with Crippen LogP contribution in [0.5, 0.6) is 0 Å². The largest absolute Gasteiger partial charge is 0.356 e. The van der Waals surface area contributed by atoms with Gasteiger partial charge < -0.3 is 14.8 Å². The number of hydrogen-bond acceptors (Lipinski definition) is 3. The lowest BCUT2D eigenvalue weighted by Gasteiger charge is -2.42. The predicted octanol–water partition coefficient (Wildman–Crippen LogP) is 6.99. The van der Waals surface area contributed by atoms with Crippen molar-refractivity contribution in [3.63, 3.8) is 0 Å². The second-order valence-corrected chi connectivity index (χ2v) is 12.1. The third-order valence-electron chi connectivity index (χ3n) is 9.13. The van der Waals surface area contributed by atoms with Crippen LogP contribution in [0.25, 0.3) is 11.0 Å². The van der Waals surface area contributed by atoms with Crippen LogP contribution in [0.2, 0.25) is 0 Å². The maximum absolute atomic E-state index is 14.1. The fourth-order valence-electron chi connectivity index (χ4n) is 6.94. The summed E-state index contributed by atoms with van der Waals surface area (Å²) < 4.78 is 2.20. The van der Waals surface area contributed by atoms with E-state index in [-0.39, 0.29) is 11.8 Å². The number of amides is 2. The van der Waals surface area contributed by atoms with E-state index in [1.54, 1.807) is 0 Å². The van der Waals surface area contributed by atoms with E-state index >= 15 is 0 Å². The van der Waals surface area contributed by atoms with Crippen molar-refractivity contribution in [2.24, 2.45) is 0 Å². The average molecular weight is 557 g/mol. The molecule has 220 valence electrons. The SMILES string of the molecule is O=C(CCc1ccccc1)NCCCCCc1nc2ccccc2n1CC(=O)N(C1CCCCC1)C1CCCCC1. The topological polar surface area (TPSA) is 67.2 Å². The summed E-state index contributed by atoms with van der Waals surface area (Å²) in [5, 5.41) is 3.08. The van der Waals surface area contributed by atoms with Crippen molar-refractivity contribution in [1.82, 2.24) is 19.8 Å². The van der Waals surface area contributed by atoms with Gasteiger partial charge in [0.2, 0.25) is 11.8 Å². The van der Waals surface area contributed by atoms with Crippen LogP contribution in [-0.2, 0) is 29.0 Å². The highest BCUT2D eigenvalue weighted by atomic mass is 16.2. The van der Waals surface area contributed by atoms with Crippen molar-refractivity contribution in [1.29, 1.82) is 0 Å². The standard InChI is InChI=1S/C35H48N4O2/c40-34(25-24-28-15-5-1-6-16-28)36-26-14-4-11-23-33-37-31-21-12-13-22-32(31)38(33)27-35(41)39(29-17-7-2-8-18-29)30-19-9-3-10-20-30/h1,5-6,12-13,15-16,21-22,29-30H,2-4,7-11,14,17-20,23-27H2,(H,36,40). The molecule has 2 aliphatic rings. The van der Waals surface area contributed by atoms with Crippen LogP contribution in [0.15, 0.2) is 54.6 Å².